The summed E-state index contributed by atoms with van der Waals surface area (Å²) in [5.41, 5.74) is 0. The van der Waals surface area contributed by atoms with Crippen LogP contribution in [0.1, 0.15) is 13.3 Å². The number of aliphatic hydroxyl groups excluding tert-OH is 3. The van der Waals surface area contributed by atoms with Crippen LogP contribution < -0.4 is 0 Å². The highest BCUT2D eigenvalue weighted by Gasteiger charge is 2.35. The Morgan fingerprint density at radius 3 is 2.17 bits per heavy atom. The van der Waals surface area contributed by atoms with Gasteiger partial charge in [-0.05, 0) is 6.92 Å². The van der Waals surface area contributed by atoms with Crippen molar-refractivity contribution < 1.29 is 40.0 Å². The number of aliphatic carboxylic acids is 2. The third-order valence-electron chi connectivity index (χ3n) is 1.98. The number of hydrogen-bond acceptors (Lipinski definition) is 7. The van der Waals surface area contributed by atoms with Crippen molar-refractivity contribution in [2.24, 2.45) is 0 Å². The zero-order chi connectivity index (χ0) is 14.3. The van der Waals surface area contributed by atoms with Crippen molar-refractivity contribution in [3.63, 3.8) is 0 Å². The number of carboxylic acid groups (broad SMARTS) is 2. The lowest BCUT2D eigenvalue weighted by Gasteiger charge is -2.32. The van der Waals surface area contributed by atoms with E-state index in [0.29, 0.717) is 5.06 Å². The van der Waals surface area contributed by atoms with Gasteiger partial charge in [0, 0.05) is 0 Å². The highest BCUT2D eigenvalue weighted by Crippen LogP contribution is 2.12. The van der Waals surface area contributed by atoms with E-state index in [1.165, 1.54) is 6.92 Å². The topological polar surface area (TPSA) is 148 Å². The number of hydroxylamine groups is 2. The van der Waals surface area contributed by atoms with Crippen LogP contribution in [0.15, 0.2) is 0 Å². The molecule has 0 amide bonds. The molecule has 0 aromatic heterocycles. The molecule has 0 aromatic rings. The zero-order valence-corrected chi connectivity index (χ0v) is 9.76. The van der Waals surface area contributed by atoms with Crippen molar-refractivity contribution in [1.82, 2.24) is 5.06 Å². The van der Waals surface area contributed by atoms with Gasteiger partial charge >= 0.3 is 11.9 Å². The van der Waals surface area contributed by atoms with E-state index < -0.39 is 43.3 Å². The van der Waals surface area contributed by atoms with Crippen LogP contribution in [-0.2, 0) is 14.4 Å². The van der Waals surface area contributed by atoms with Gasteiger partial charge in [0.1, 0.15) is 6.04 Å². The van der Waals surface area contributed by atoms with Crippen LogP contribution in [0.25, 0.3) is 0 Å². The quantitative estimate of drug-likeness (QED) is 0.232. The predicted molar refractivity (Wildman–Crippen MR) is 56.2 cm³/mol. The summed E-state index contributed by atoms with van der Waals surface area (Å²) in [5.74, 6) is -2.94. The first-order valence-electron chi connectivity index (χ1n) is 5.14. The van der Waals surface area contributed by atoms with Crippen molar-refractivity contribution in [3.8, 4) is 0 Å². The Balaban J connectivity index is 4.96. The molecule has 0 radical (unpaired) electrons. The predicted octanol–water partition coefficient (Wildman–Crippen LogP) is -2.16. The molecule has 0 bridgehead atoms. The summed E-state index contributed by atoms with van der Waals surface area (Å²) in [7, 11) is 0. The number of hydrogen-bond donors (Lipinski definition) is 5. The molecule has 0 aliphatic rings. The van der Waals surface area contributed by atoms with Gasteiger partial charge in [-0.3, -0.25) is 14.4 Å². The number of carboxylic acids is 2. The second kappa shape index (κ2) is 7.95. The fourth-order valence-corrected chi connectivity index (χ4v) is 1.16. The fraction of sp³-hybridized carbons (Fsp3) is 0.778. The molecule has 0 aliphatic carbocycles. The Bertz CT molecular complexity index is 282. The minimum Gasteiger partial charge on any atom is -0.481 e. The Kier molecular flexibility index (Phi) is 7.39. The van der Waals surface area contributed by atoms with E-state index >= 15 is 0 Å². The van der Waals surface area contributed by atoms with E-state index in [2.05, 4.69) is 0 Å². The Morgan fingerprint density at radius 2 is 1.83 bits per heavy atom. The molecule has 0 aromatic carbocycles. The minimum atomic E-state index is -1.73. The maximum absolute atomic E-state index is 10.9. The Hall–Kier alpha value is -1.26. The van der Waals surface area contributed by atoms with Gasteiger partial charge in [0.05, 0.1) is 25.7 Å². The zero-order valence-electron chi connectivity index (χ0n) is 9.76. The summed E-state index contributed by atoms with van der Waals surface area (Å²) in [4.78, 5) is 26.2. The van der Waals surface area contributed by atoms with Crippen molar-refractivity contribution in [2.75, 3.05) is 13.2 Å². The van der Waals surface area contributed by atoms with Gasteiger partial charge in [-0.15, -0.1) is 5.06 Å². The smallest absolute Gasteiger partial charge is 0.324 e. The standard InChI is InChI=1S/C9H17NO8/c1-5(12)8(15)10(18-3-2-11)6(9(16)17)4-7(13)14/h5-6,8,11-12,15H,2-4H2,1H3,(H,13,14)(H,16,17)/t5?,6-,8?/m0/s1. The second-order valence-electron chi connectivity index (χ2n) is 3.52. The molecule has 9 heteroatoms. The molecule has 5 N–H and O–H groups in total. The fourth-order valence-electron chi connectivity index (χ4n) is 1.16. The monoisotopic (exact) mass is 267 g/mol. The average molecular weight is 267 g/mol. The lowest BCUT2D eigenvalue weighted by molar-refractivity contribution is -0.282. The van der Waals surface area contributed by atoms with Crippen LogP contribution in [0.4, 0.5) is 0 Å². The summed E-state index contributed by atoms with van der Waals surface area (Å²) in [6.07, 6.45) is -3.92. The van der Waals surface area contributed by atoms with Gasteiger partial charge in [0.2, 0.25) is 0 Å². The van der Waals surface area contributed by atoms with Crippen LogP contribution in [0.3, 0.4) is 0 Å². The summed E-state index contributed by atoms with van der Waals surface area (Å²) in [6, 6.07) is -1.68. The van der Waals surface area contributed by atoms with Crippen LogP contribution in [0, 0.1) is 0 Å². The lowest BCUT2D eigenvalue weighted by atomic mass is 10.2. The molecule has 0 saturated heterocycles. The summed E-state index contributed by atoms with van der Waals surface area (Å²) >= 11 is 0. The molecule has 0 rings (SSSR count). The van der Waals surface area contributed by atoms with Gasteiger partial charge in [-0.25, -0.2) is 0 Å². The highest BCUT2D eigenvalue weighted by molar-refractivity contribution is 5.80. The molecule has 0 heterocycles. The van der Waals surface area contributed by atoms with Crippen LogP contribution in [-0.4, -0.2) is 74.1 Å². The first-order valence-corrected chi connectivity index (χ1v) is 5.14. The van der Waals surface area contributed by atoms with Gasteiger partial charge in [0.25, 0.3) is 0 Å². The summed E-state index contributed by atoms with van der Waals surface area (Å²) < 4.78 is 0. The molecule has 3 atom stereocenters. The molecular formula is C9H17NO8. The van der Waals surface area contributed by atoms with Crippen molar-refractivity contribution in [1.29, 1.82) is 0 Å². The molecule has 2 unspecified atom stereocenters. The second-order valence-corrected chi connectivity index (χ2v) is 3.52. The lowest BCUT2D eigenvalue weighted by Crippen LogP contribution is -2.52. The van der Waals surface area contributed by atoms with Gasteiger partial charge in [-0.2, -0.15) is 0 Å². The Labute approximate surface area is 103 Å². The number of nitrogens with zero attached hydrogens (tertiary/aromatic N) is 1. The maximum Gasteiger partial charge on any atom is 0.324 e. The third-order valence-corrected chi connectivity index (χ3v) is 1.98. The van der Waals surface area contributed by atoms with Crippen molar-refractivity contribution in [2.45, 2.75) is 31.7 Å². The van der Waals surface area contributed by atoms with E-state index in [4.69, 9.17) is 20.2 Å². The first-order chi connectivity index (χ1) is 8.31. The Morgan fingerprint density at radius 1 is 1.28 bits per heavy atom. The van der Waals surface area contributed by atoms with Crippen LogP contribution in [0.2, 0.25) is 0 Å². The molecule has 9 nitrogen and oxygen atoms in total. The van der Waals surface area contributed by atoms with E-state index in [9.17, 15) is 19.8 Å². The van der Waals surface area contributed by atoms with Crippen molar-refractivity contribution in [3.05, 3.63) is 0 Å². The van der Waals surface area contributed by atoms with Gasteiger partial charge in [0.15, 0.2) is 6.23 Å². The van der Waals surface area contributed by atoms with Crippen LogP contribution >= 0.6 is 0 Å². The van der Waals surface area contributed by atoms with E-state index in [0.717, 1.165) is 0 Å². The first kappa shape index (κ1) is 16.7. The molecule has 0 fully saturated rings. The number of carbonyl (C=O) groups is 2. The number of rotatable bonds is 9. The number of aliphatic hydroxyl groups is 3. The molecule has 106 valence electrons. The van der Waals surface area contributed by atoms with Crippen LogP contribution in [0.5, 0.6) is 0 Å². The SMILES string of the molecule is CC(O)C(O)N(OCCO)[C@@H](CC(=O)O)C(=O)O. The largest absolute Gasteiger partial charge is 0.481 e. The normalized spacial score (nSPS) is 16.3. The molecular weight excluding hydrogens is 250 g/mol. The van der Waals surface area contributed by atoms with Gasteiger partial charge in [-0.1, -0.05) is 0 Å². The third kappa shape index (κ3) is 5.38. The van der Waals surface area contributed by atoms with E-state index in [1.54, 1.807) is 0 Å². The highest BCUT2D eigenvalue weighted by atomic mass is 16.7. The molecule has 0 spiro atoms. The minimum absolute atomic E-state index is 0.340. The maximum atomic E-state index is 10.9. The van der Waals surface area contributed by atoms with Crippen molar-refractivity contribution >= 4 is 11.9 Å². The summed E-state index contributed by atoms with van der Waals surface area (Å²) in [5, 5.41) is 45.2. The molecule has 18 heavy (non-hydrogen) atoms. The molecule has 0 saturated carbocycles. The molecule has 0 aliphatic heterocycles. The van der Waals surface area contributed by atoms with E-state index in [-0.39, 0.29) is 6.61 Å². The summed E-state index contributed by atoms with van der Waals surface area (Å²) in [6.45, 7) is 0.384. The average Bonchev–Trinajstić information content (AvgIpc) is 2.26. The van der Waals surface area contributed by atoms with E-state index in [1.807, 2.05) is 0 Å². The van der Waals surface area contributed by atoms with Gasteiger partial charge < -0.3 is 25.5 Å².